The van der Waals surface area contributed by atoms with Crippen molar-refractivity contribution >= 4 is 5.91 Å². The van der Waals surface area contributed by atoms with Gasteiger partial charge in [0.1, 0.15) is 12.7 Å². The van der Waals surface area contributed by atoms with E-state index in [9.17, 15) is 4.79 Å². The van der Waals surface area contributed by atoms with Crippen LogP contribution in [-0.2, 0) is 17.8 Å². The Hall–Kier alpha value is -2.97. The summed E-state index contributed by atoms with van der Waals surface area (Å²) in [6.07, 6.45) is 5.24. The molecule has 0 saturated carbocycles. The fourth-order valence-electron chi connectivity index (χ4n) is 2.08. The zero-order valence-corrected chi connectivity index (χ0v) is 12.5. The monoisotopic (exact) mass is 316 g/mol. The number of nitrogens with zero attached hydrogens (tertiary/aromatic N) is 5. The van der Waals surface area contributed by atoms with Crippen LogP contribution in [0.1, 0.15) is 19.2 Å². The molecule has 0 bridgehead atoms. The summed E-state index contributed by atoms with van der Waals surface area (Å²) in [5.41, 5.74) is 0. The number of amides is 1. The Morgan fingerprint density at radius 3 is 3.13 bits per heavy atom. The summed E-state index contributed by atoms with van der Waals surface area (Å²) in [6.45, 7) is 2.47. The second-order valence-corrected chi connectivity index (χ2v) is 5.08. The van der Waals surface area contributed by atoms with Gasteiger partial charge >= 0.3 is 0 Å². The lowest BCUT2D eigenvalue weighted by Gasteiger charge is -2.13. The van der Waals surface area contributed by atoms with Crippen molar-refractivity contribution in [1.82, 2.24) is 30.2 Å². The van der Waals surface area contributed by atoms with E-state index >= 15 is 0 Å². The van der Waals surface area contributed by atoms with Gasteiger partial charge in [0, 0.05) is 18.9 Å². The van der Waals surface area contributed by atoms with Crippen LogP contribution in [0.2, 0.25) is 0 Å². The number of aryl methyl sites for hydroxylation is 1. The van der Waals surface area contributed by atoms with Crippen LogP contribution in [0.15, 0.2) is 40.0 Å². The molecule has 1 unspecified atom stereocenters. The van der Waals surface area contributed by atoms with E-state index in [1.807, 2.05) is 6.92 Å². The molecule has 120 valence electrons. The second kappa shape index (κ2) is 6.86. The maximum Gasteiger partial charge on any atom is 0.238 e. The minimum atomic E-state index is -0.0876. The summed E-state index contributed by atoms with van der Waals surface area (Å²) in [7, 11) is 0. The van der Waals surface area contributed by atoms with Crippen molar-refractivity contribution in [2.45, 2.75) is 32.4 Å². The molecule has 0 aliphatic carbocycles. The maximum absolute atomic E-state index is 11.9. The number of aromatic nitrogens is 5. The van der Waals surface area contributed by atoms with E-state index in [4.69, 9.17) is 8.94 Å². The van der Waals surface area contributed by atoms with Gasteiger partial charge in [0.15, 0.2) is 5.76 Å². The predicted molar refractivity (Wildman–Crippen MR) is 77.9 cm³/mol. The van der Waals surface area contributed by atoms with Gasteiger partial charge in [-0.25, -0.2) is 4.98 Å². The van der Waals surface area contributed by atoms with Crippen LogP contribution in [0.25, 0.3) is 11.6 Å². The van der Waals surface area contributed by atoms with Crippen LogP contribution >= 0.6 is 0 Å². The van der Waals surface area contributed by atoms with Gasteiger partial charge in [-0.15, -0.1) is 0 Å². The lowest BCUT2D eigenvalue weighted by Crippen LogP contribution is -2.35. The van der Waals surface area contributed by atoms with Crippen molar-refractivity contribution < 1.29 is 13.7 Å². The van der Waals surface area contributed by atoms with E-state index in [0.717, 1.165) is 0 Å². The SMILES string of the molecule is CC(Cn1cncn1)NC(=O)CCc1nc(-c2ccco2)no1. The molecule has 0 aliphatic rings. The lowest BCUT2D eigenvalue weighted by atomic mass is 10.2. The minimum absolute atomic E-state index is 0.0504. The van der Waals surface area contributed by atoms with E-state index in [-0.39, 0.29) is 18.4 Å². The fraction of sp³-hybridized carbons (Fsp3) is 0.357. The maximum atomic E-state index is 11.9. The zero-order valence-electron chi connectivity index (χ0n) is 12.5. The van der Waals surface area contributed by atoms with Crippen molar-refractivity contribution in [3.05, 3.63) is 36.9 Å². The summed E-state index contributed by atoms with van der Waals surface area (Å²) < 4.78 is 12.0. The van der Waals surface area contributed by atoms with Crippen molar-refractivity contribution in [1.29, 1.82) is 0 Å². The molecule has 1 N–H and O–H groups in total. The molecule has 0 saturated heterocycles. The first-order valence-electron chi connectivity index (χ1n) is 7.19. The number of furan rings is 1. The van der Waals surface area contributed by atoms with Gasteiger partial charge in [0.05, 0.1) is 12.8 Å². The quantitative estimate of drug-likeness (QED) is 0.693. The van der Waals surface area contributed by atoms with Gasteiger partial charge in [-0.3, -0.25) is 9.48 Å². The van der Waals surface area contributed by atoms with Gasteiger partial charge in [0.25, 0.3) is 0 Å². The Morgan fingerprint density at radius 2 is 2.39 bits per heavy atom. The van der Waals surface area contributed by atoms with Gasteiger partial charge < -0.3 is 14.3 Å². The van der Waals surface area contributed by atoms with Crippen molar-refractivity contribution in [3.8, 4) is 11.6 Å². The molecule has 9 heteroatoms. The molecule has 3 rings (SSSR count). The summed E-state index contributed by atoms with van der Waals surface area (Å²) in [4.78, 5) is 20.0. The molecule has 23 heavy (non-hydrogen) atoms. The molecule has 9 nitrogen and oxygen atoms in total. The topological polar surface area (TPSA) is 112 Å². The van der Waals surface area contributed by atoms with E-state index in [1.54, 1.807) is 23.1 Å². The molecular weight excluding hydrogens is 300 g/mol. The number of hydrogen-bond acceptors (Lipinski definition) is 7. The smallest absolute Gasteiger partial charge is 0.238 e. The minimum Gasteiger partial charge on any atom is -0.461 e. The highest BCUT2D eigenvalue weighted by atomic mass is 16.5. The summed E-state index contributed by atoms with van der Waals surface area (Å²) in [5, 5.41) is 10.7. The molecule has 0 aromatic carbocycles. The molecular formula is C14H16N6O3. The third-order valence-electron chi connectivity index (χ3n) is 3.11. The predicted octanol–water partition coefficient (Wildman–Crippen LogP) is 1.06. The number of rotatable bonds is 7. The van der Waals surface area contributed by atoms with Gasteiger partial charge in [-0.1, -0.05) is 5.16 Å². The largest absolute Gasteiger partial charge is 0.461 e. The first-order valence-corrected chi connectivity index (χ1v) is 7.19. The number of carbonyl (C=O) groups excluding carboxylic acids is 1. The van der Waals surface area contributed by atoms with Crippen molar-refractivity contribution in [2.24, 2.45) is 0 Å². The van der Waals surface area contributed by atoms with Crippen molar-refractivity contribution in [3.63, 3.8) is 0 Å². The summed E-state index contributed by atoms with van der Waals surface area (Å²) in [5.74, 6) is 1.22. The van der Waals surface area contributed by atoms with Crippen LogP contribution in [-0.4, -0.2) is 36.9 Å². The summed E-state index contributed by atoms with van der Waals surface area (Å²) >= 11 is 0. The van der Waals surface area contributed by atoms with Crippen LogP contribution < -0.4 is 5.32 Å². The Kier molecular flexibility index (Phi) is 4.46. The van der Waals surface area contributed by atoms with Crippen LogP contribution in [0.5, 0.6) is 0 Å². The highest BCUT2D eigenvalue weighted by molar-refractivity contribution is 5.76. The summed E-state index contributed by atoms with van der Waals surface area (Å²) in [6, 6.07) is 3.44. The highest BCUT2D eigenvalue weighted by Gasteiger charge is 2.13. The Balaban J connectivity index is 1.45. The van der Waals surface area contributed by atoms with Gasteiger partial charge in [-0.2, -0.15) is 10.1 Å². The third-order valence-corrected chi connectivity index (χ3v) is 3.11. The number of nitrogens with one attached hydrogen (secondary N) is 1. The second-order valence-electron chi connectivity index (χ2n) is 5.08. The van der Waals surface area contributed by atoms with E-state index in [1.165, 1.54) is 12.6 Å². The van der Waals surface area contributed by atoms with E-state index < -0.39 is 0 Å². The molecule has 1 amide bonds. The number of hydrogen-bond donors (Lipinski definition) is 1. The van der Waals surface area contributed by atoms with Gasteiger partial charge in [-0.05, 0) is 19.1 Å². The van der Waals surface area contributed by atoms with Crippen LogP contribution in [0.4, 0.5) is 0 Å². The van der Waals surface area contributed by atoms with E-state index in [0.29, 0.717) is 30.4 Å². The fourth-order valence-corrected chi connectivity index (χ4v) is 2.08. The Morgan fingerprint density at radius 1 is 1.48 bits per heavy atom. The first-order chi connectivity index (χ1) is 11.2. The molecule has 3 aromatic heterocycles. The van der Waals surface area contributed by atoms with Gasteiger partial charge in [0.2, 0.25) is 17.6 Å². The molecule has 1 atom stereocenters. The molecule has 0 aliphatic heterocycles. The number of carbonyl (C=O) groups is 1. The Labute approximate surface area is 131 Å². The highest BCUT2D eigenvalue weighted by Crippen LogP contribution is 2.16. The molecule has 3 aromatic rings. The van der Waals surface area contributed by atoms with Crippen LogP contribution in [0.3, 0.4) is 0 Å². The standard InChI is InChI=1S/C14H16N6O3/c1-10(7-20-9-15-8-16-20)17-12(21)4-5-13-18-14(19-23-13)11-3-2-6-22-11/h2-3,6,8-10H,4-5,7H2,1H3,(H,17,21). The molecule has 0 spiro atoms. The Bertz CT molecular complexity index is 735. The van der Waals surface area contributed by atoms with Crippen molar-refractivity contribution in [2.75, 3.05) is 0 Å². The molecule has 0 radical (unpaired) electrons. The average Bonchev–Trinajstić information content (AvgIpc) is 3.26. The third kappa shape index (κ3) is 4.02. The first kappa shape index (κ1) is 14.9. The molecule has 3 heterocycles. The normalized spacial score (nSPS) is 12.2. The lowest BCUT2D eigenvalue weighted by molar-refractivity contribution is -0.121. The molecule has 0 fully saturated rings. The van der Waals surface area contributed by atoms with E-state index in [2.05, 4.69) is 25.5 Å². The zero-order chi connectivity index (χ0) is 16.1. The van der Waals surface area contributed by atoms with Crippen LogP contribution in [0, 0.1) is 0 Å². The average molecular weight is 316 g/mol.